The third-order valence-electron chi connectivity index (χ3n) is 5.34. The summed E-state index contributed by atoms with van der Waals surface area (Å²) in [6.07, 6.45) is 5.45. The number of carbonyl (C=O) groups is 2. The number of rotatable bonds is 5. The number of amides is 2. The summed E-state index contributed by atoms with van der Waals surface area (Å²) < 4.78 is 0. The number of carbonyl (C=O) groups excluding carboxylic acids is 2. The Morgan fingerprint density at radius 3 is 2.26 bits per heavy atom. The van der Waals surface area contributed by atoms with E-state index >= 15 is 0 Å². The molecule has 0 fully saturated rings. The second-order valence-corrected chi connectivity index (χ2v) is 7.28. The Bertz CT molecular complexity index is 801. The lowest BCUT2D eigenvalue weighted by atomic mass is 9.89. The standard InChI is InChI=1S/C23H28N2O2/c1-3-21(20-14-13-18-11-7-8-12-19(18)15-20)25-23(27)22(26)24-16(2)17-9-5-4-6-10-17/h4-6,9-10,13-16,21H,3,7-8,11-12H2,1-2H3,(H,24,26)(H,25,27). The zero-order valence-corrected chi connectivity index (χ0v) is 16.1. The lowest BCUT2D eigenvalue weighted by Crippen LogP contribution is -2.42. The smallest absolute Gasteiger partial charge is 0.309 e. The van der Waals surface area contributed by atoms with E-state index in [2.05, 4.69) is 28.8 Å². The summed E-state index contributed by atoms with van der Waals surface area (Å²) in [7, 11) is 0. The molecule has 2 amide bonds. The van der Waals surface area contributed by atoms with E-state index in [1.807, 2.05) is 44.2 Å². The molecule has 0 spiro atoms. The van der Waals surface area contributed by atoms with Crippen molar-refractivity contribution in [3.8, 4) is 0 Å². The highest BCUT2D eigenvalue weighted by Crippen LogP contribution is 2.26. The van der Waals surface area contributed by atoms with Crippen LogP contribution in [0.3, 0.4) is 0 Å². The lowest BCUT2D eigenvalue weighted by Gasteiger charge is -2.22. The van der Waals surface area contributed by atoms with E-state index in [0.29, 0.717) is 0 Å². The van der Waals surface area contributed by atoms with Crippen LogP contribution in [-0.4, -0.2) is 11.8 Å². The third-order valence-corrected chi connectivity index (χ3v) is 5.34. The second-order valence-electron chi connectivity index (χ2n) is 7.28. The molecule has 0 saturated carbocycles. The molecule has 0 aliphatic heterocycles. The number of hydrogen-bond acceptors (Lipinski definition) is 2. The first-order valence-electron chi connectivity index (χ1n) is 9.86. The van der Waals surface area contributed by atoms with E-state index < -0.39 is 11.8 Å². The first kappa shape index (κ1) is 19.2. The summed E-state index contributed by atoms with van der Waals surface area (Å²) in [6, 6.07) is 15.7. The van der Waals surface area contributed by atoms with Gasteiger partial charge in [0.1, 0.15) is 0 Å². The second kappa shape index (κ2) is 8.85. The van der Waals surface area contributed by atoms with Crippen molar-refractivity contribution >= 4 is 11.8 Å². The highest BCUT2D eigenvalue weighted by molar-refractivity contribution is 6.35. The Morgan fingerprint density at radius 1 is 0.889 bits per heavy atom. The van der Waals surface area contributed by atoms with Gasteiger partial charge in [-0.3, -0.25) is 9.59 Å². The molecular weight excluding hydrogens is 336 g/mol. The van der Waals surface area contributed by atoms with E-state index in [9.17, 15) is 9.59 Å². The maximum absolute atomic E-state index is 12.4. The predicted molar refractivity (Wildman–Crippen MR) is 107 cm³/mol. The van der Waals surface area contributed by atoms with E-state index in [1.54, 1.807) is 0 Å². The minimum Gasteiger partial charge on any atom is -0.341 e. The van der Waals surface area contributed by atoms with E-state index in [1.165, 1.54) is 24.0 Å². The fourth-order valence-electron chi connectivity index (χ4n) is 3.70. The molecule has 4 nitrogen and oxygen atoms in total. The largest absolute Gasteiger partial charge is 0.341 e. The van der Waals surface area contributed by atoms with Crippen LogP contribution in [0.2, 0.25) is 0 Å². The Labute approximate surface area is 161 Å². The van der Waals surface area contributed by atoms with Crippen LogP contribution in [0.25, 0.3) is 0 Å². The number of fused-ring (bicyclic) bond motifs is 1. The molecule has 2 aromatic rings. The average Bonchev–Trinajstić information content (AvgIpc) is 2.72. The van der Waals surface area contributed by atoms with Gasteiger partial charge in [-0.25, -0.2) is 0 Å². The topological polar surface area (TPSA) is 58.2 Å². The summed E-state index contributed by atoms with van der Waals surface area (Å²) in [6.45, 7) is 3.90. The molecule has 142 valence electrons. The molecule has 3 rings (SSSR count). The van der Waals surface area contributed by atoms with Crippen molar-refractivity contribution in [2.75, 3.05) is 0 Å². The zero-order valence-electron chi connectivity index (χ0n) is 16.1. The van der Waals surface area contributed by atoms with Crippen LogP contribution in [-0.2, 0) is 22.4 Å². The van der Waals surface area contributed by atoms with Crippen LogP contribution in [0.5, 0.6) is 0 Å². The summed E-state index contributed by atoms with van der Waals surface area (Å²) in [5, 5.41) is 5.67. The van der Waals surface area contributed by atoms with Gasteiger partial charge in [-0.15, -0.1) is 0 Å². The van der Waals surface area contributed by atoms with Crippen LogP contribution in [0.15, 0.2) is 48.5 Å². The molecule has 2 aromatic carbocycles. The molecule has 2 N–H and O–H groups in total. The first-order valence-corrected chi connectivity index (χ1v) is 9.86. The quantitative estimate of drug-likeness (QED) is 0.788. The molecule has 0 radical (unpaired) electrons. The van der Waals surface area contributed by atoms with Crippen LogP contribution >= 0.6 is 0 Å². The van der Waals surface area contributed by atoms with Crippen molar-refractivity contribution in [1.29, 1.82) is 0 Å². The van der Waals surface area contributed by atoms with Crippen LogP contribution in [0.4, 0.5) is 0 Å². The molecule has 1 aliphatic carbocycles. The number of nitrogens with one attached hydrogen (secondary N) is 2. The van der Waals surface area contributed by atoms with Crippen molar-refractivity contribution in [2.24, 2.45) is 0 Å². The zero-order chi connectivity index (χ0) is 19.2. The minimum absolute atomic E-state index is 0.150. The van der Waals surface area contributed by atoms with Gasteiger partial charge in [0.2, 0.25) is 0 Å². The number of hydrogen-bond donors (Lipinski definition) is 2. The number of benzene rings is 2. The van der Waals surface area contributed by atoms with Gasteiger partial charge in [0.15, 0.2) is 0 Å². The van der Waals surface area contributed by atoms with E-state index in [-0.39, 0.29) is 12.1 Å². The van der Waals surface area contributed by atoms with Gasteiger partial charge in [0.25, 0.3) is 0 Å². The monoisotopic (exact) mass is 364 g/mol. The maximum Gasteiger partial charge on any atom is 0.309 e. The minimum atomic E-state index is -0.595. The molecule has 27 heavy (non-hydrogen) atoms. The van der Waals surface area contributed by atoms with Crippen LogP contribution in [0.1, 0.15) is 67.4 Å². The molecule has 0 aromatic heterocycles. The maximum atomic E-state index is 12.4. The van der Waals surface area contributed by atoms with Gasteiger partial charge in [-0.1, -0.05) is 55.5 Å². The predicted octanol–water partition coefficient (Wildman–Crippen LogP) is 4.01. The Kier molecular flexibility index (Phi) is 6.28. The van der Waals surface area contributed by atoms with Crippen LogP contribution in [0, 0.1) is 0 Å². The summed E-state index contributed by atoms with van der Waals surface area (Å²) in [5.41, 5.74) is 4.85. The Hall–Kier alpha value is -2.62. The van der Waals surface area contributed by atoms with Crippen molar-refractivity contribution < 1.29 is 9.59 Å². The lowest BCUT2D eigenvalue weighted by molar-refractivity contribution is -0.140. The van der Waals surface area contributed by atoms with Gasteiger partial charge in [0, 0.05) is 0 Å². The molecule has 2 atom stereocenters. The van der Waals surface area contributed by atoms with Gasteiger partial charge in [0.05, 0.1) is 12.1 Å². The van der Waals surface area contributed by atoms with Gasteiger partial charge in [-0.2, -0.15) is 0 Å². The molecular formula is C23H28N2O2. The average molecular weight is 364 g/mol. The Balaban J connectivity index is 1.63. The normalized spacial score (nSPS) is 15.3. The molecule has 0 bridgehead atoms. The van der Waals surface area contributed by atoms with E-state index in [4.69, 9.17) is 0 Å². The SMILES string of the molecule is CCC(NC(=O)C(=O)NC(C)c1ccccc1)c1ccc2c(c1)CCCC2. The fourth-order valence-corrected chi connectivity index (χ4v) is 3.70. The third kappa shape index (κ3) is 4.76. The Morgan fingerprint density at radius 2 is 1.56 bits per heavy atom. The van der Waals surface area contributed by atoms with Crippen molar-refractivity contribution in [1.82, 2.24) is 10.6 Å². The molecule has 1 aliphatic rings. The summed E-state index contributed by atoms with van der Waals surface area (Å²) in [5.74, 6) is -1.18. The van der Waals surface area contributed by atoms with Gasteiger partial charge < -0.3 is 10.6 Å². The fraction of sp³-hybridized carbons (Fsp3) is 0.391. The van der Waals surface area contributed by atoms with Crippen LogP contribution < -0.4 is 10.6 Å². The van der Waals surface area contributed by atoms with E-state index in [0.717, 1.165) is 30.4 Å². The van der Waals surface area contributed by atoms with Gasteiger partial charge >= 0.3 is 11.8 Å². The van der Waals surface area contributed by atoms with Gasteiger partial charge in [-0.05, 0) is 61.3 Å². The number of aryl methyl sites for hydroxylation is 2. The van der Waals surface area contributed by atoms with Crippen molar-refractivity contribution in [3.05, 3.63) is 70.8 Å². The summed E-state index contributed by atoms with van der Waals surface area (Å²) in [4.78, 5) is 24.7. The molecule has 0 heterocycles. The molecule has 2 unspecified atom stereocenters. The first-order chi connectivity index (χ1) is 13.1. The highest BCUT2D eigenvalue weighted by atomic mass is 16.2. The highest BCUT2D eigenvalue weighted by Gasteiger charge is 2.21. The molecule has 4 heteroatoms. The summed E-state index contributed by atoms with van der Waals surface area (Å²) >= 11 is 0. The molecule has 0 saturated heterocycles. The van der Waals surface area contributed by atoms with Crippen molar-refractivity contribution in [2.45, 2.75) is 58.0 Å². The van der Waals surface area contributed by atoms with Crippen molar-refractivity contribution in [3.63, 3.8) is 0 Å².